The second-order valence-electron chi connectivity index (χ2n) is 4.12. The molecule has 1 N–H and O–H groups in total. The molecule has 5 heteroatoms. The lowest BCUT2D eigenvalue weighted by atomic mass is 10.2. The zero-order valence-corrected chi connectivity index (χ0v) is 11.9. The molecule has 2 aromatic rings. The standard InChI is InChI=1S/C15H15ClN4/c1-3-4-12(10-17-2)20-9-11-7-13(16)15-14(8-11)18-5-6-19-15/h3-8,10,20H,2,9H2,1H3/b4-3?,12-10+. The zero-order chi connectivity index (χ0) is 14.4. The number of halogens is 1. The third kappa shape index (κ3) is 3.42. The van der Waals surface area contributed by atoms with Crippen molar-refractivity contribution in [2.24, 2.45) is 4.99 Å². The van der Waals surface area contributed by atoms with Crippen LogP contribution in [0.15, 0.2) is 53.6 Å². The van der Waals surface area contributed by atoms with Crippen molar-refractivity contribution < 1.29 is 0 Å². The smallest absolute Gasteiger partial charge is 0.107 e. The molecule has 1 heterocycles. The van der Waals surface area contributed by atoms with Crippen LogP contribution < -0.4 is 5.32 Å². The Hall–Kier alpha value is -2.20. The van der Waals surface area contributed by atoms with Crippen LogP contribution in [0.25, 0.3) is 11.0 Å². The normalized spacial score (nSPS) is 12.0. The van der Waals surface area contributed by atoms with E-state index < -0.39 is 0 Å². The molecule has 0 fully saturated rings. The summed E-state index contributed by atoms with van der Waals surface area (Å²) in [6, 6.07) is 3.86. The number of hydrogen-bond donors (Lipinski definition) is 1. The van der Waals surface area contributed by atoms with Crippen molar-refractivity contribution in [3.63, 3.8) is 0 Å². The highest BCUT2D eigenvalue weighted by atomic mass is 35.5. The Bertz CT molecular complexity index is 677. The minimum absolute atomic E-state index is 0.603. The average Bonchev–Trinajstić information content (AvgIpc) is 2.45. The molecule has 0 aliphatic carbocycles. The van der Waals surface area contributed by atoms with Gasteiger partial charge in [-0.1, -0.05) is 17.7 Å². The topological polar surface area (TPSA) is 50.2 Å². The molecule has 0 unspecified atom stereocenters. The maximum atomic E-state index is 6.21. The largest absolute Gasteiger partial charge is 0.380 e. The van der Waals surface area contributed by atoms with Crippen LogP contribution in [-0.2, 0) is 6.54 Å². The summed E-state index contributed by atoms with van der Waals surface area (Å²) in [5, 5.41) is 3.87. The number of nitrogens with one attached hydrogen (secondary N) is 1. The van der Waals surface area contributed by atoms with E-state index in [2.05, 4.69) is 27.0 Å². The van der Waals surface area contributed by atoms with E-state index in [-0.39, 0.29) is 0 Å². The van der Waals surface area contributed by atoms with Crippen LogP contribution in [0, 0.1) is 0 Å². The highest BCUT2D eigenvalue weighted by molar-refractivity contribution is 6.34. The quantitative estimate of drug-likeness (QED) is 0.676. The number of nitrogens with zero attached hydrogens (tertiary/aromatic N) is 3. The lowest BCUT2D eigenvalue weighted by Crippen LogP contribution is -2.11. The molecule has 0 radical (unpaired) electrons. The second-order valence-corrected chi connectivity index (χ2v) is 4.53. The van der Waals surface area contributed by atoms with Crippen LogP contribution in [0.1, 0.15) is 12.5 Å². The third-order valence-corrected chi connectivity index (χ3v) is 2.95. The Morgan fingerprint density at radius 2 is 2.20 bits per heavy atom. The SMILES string of the molecule is C=N/C=C(\C=CC)NCc1cc(Cl)c2nccnc2c1. The van der Waals surface area contributed by atoms with Crippen molar-refractivity contribution in [2.45, 2.75) is 13.5 Å². The molecule has 0 aliphatic rings. The van der Waals surface area contributed by atoms with Crippen molar-refractivity contribution in [3.05, 3.63) is 59.2 Å². The molecule has 0 aliphatic heterocycles. The molecule has 102 valence electrons. The van der Waals surface area contributed by atoms with Gasteiger partial charge in [0.2, 0.25) is 0 Å². The molecule has 1 aromatic carbocycles. The van der Waals surface area contributed by atoms with Gasteiger partial charge in [0.25, 0.3) is 0 Å². The van der Waals surface area contributed by atoms with Crippen molar-refractivity contribution >= 4 is 29.4 Å². The molecule has 0 amide bonds. The van der Waals surface area contributed by atoms with Gasteiger partial charge in [-0.3, -0.25) is 15.0 Å². The Kier molecular flexibility index (Phi) is 4.85. The van der Waals surface area contributed by atoms with Crippen LogP contribution in [0.4, 0.5) is 0 Å². The summed E-state index contributed by atoms with van der Waals surface area (Å²) in [6.07, 6.45) is 8.82. The van der Waals surface area contributed by atoms with Gasteiger partial charge in [0.05, 0.1) is 16.2 Å². The van der Waals surface area contributed by atoms with Crippen LogP contribution in [0.5, 0.6) is 0 Å². The minimum atomic E-state index is 0.603. The van der Waals surface area contributed by atoms with Gasteiger partial charge in [0.15, 0.2) is 0 Å². The van der Waals surface area contributed by atoms with E-state index in [0.29, 0.717) is 11.6 Å². The average molecular weight is 287 g/mol. The van der Waals surface area contributed by atoms with E-state index in [4.69, 9.17) is 11.6 Å². The maximum absolute atomic E-state index is 6.21. The molecule has 0 spiro atoms. The van der Waals surface area contributed by atoms with Crippen molar-refractivity contribution in [2.75, 3.05) is 0 Å². The molecule has 0 atom stereocenters. The van der Waals surface area contributed by atoms with Crippen molar-refractivity contribution in [1.82, 2.24) is 15.3 Å². The first-order valence-electron chi connectivity index (χ1n) is 6.16. The van der Waals surface area contributed by atoms with E-state index in [1.807, 2.05) is 31.2 Å². The van der Waals surface area contributed by atoms with Gasteiger partial charge in [0.1, 0.15) is 5.52 Å². The summed E-state index contributed by atoms with van der Waals surface area (Å²) >= 11 is 6.21. The second kappa shape index (κ2) is 6.82. The van der Waals surface area contributed by atoms with Gasteiger partial charge >= 0.3 is 0 Å². The minimum Gasteiger partial charge on any atom is -0.380 e. The van der Waals surface area contributed by atoms with E-state index >= 15 is 0 Å². The highest BCUT2D eigenvalue weighted by Gasteiger charge is 2.04. The summed E-state index contributed by atoms with van der Waals surface area (Å²) in [5.74, 6) is 0. The first-order valence-corrected chi connectivity index (χ1v) is 6.54. The lowest BCUT2D eigenvalue weighted by molar-refractivity contribution is 0.830. The Morgan fingerprint density at radius 3 is 2.95 bits per heavy atom. The first kappa shape index (κ1) is 14.2. The predicted octanol–water partition coefficient (Wildman–Crippen LogP) is 3.49. The fraction of sp³-hybridized carbons (Fsp3) is 0.133. The Morgan fingerprint density at radius 1 is 1.40 bits per heavy atom. The predicted molar refractivity (Wildman–Crippen MR) is 83.8 cm³/mol. The van der Waals surface area contributed by atoms with Crippen LogP contribution in [0.2, 0.25) is 5.02 Å². The van der Waals surface area contributed by atoms with Gasteiger partial charge in [-0.05, 0) is 37.4 Å². The summed E-state index contributed by atoms with van der Waals surface area (Å²) in [6.45, 7) is 6.02. The molecule has 0 saturated carbocycles. The molecular weight excluding hydrogens is 272 g/mol. The fourth-order valence-corrected chi connectivity index (χ4v) is 2.10. The summed E-state index contributed by atoms with van der Waals surface area (Å²) in [4.78, 5) is 12.2. The fourth-order valence-electron chi connectivity index (χ4n) is 1.82. The number of rotatable bonds is 5. The molecular formula is C15H15ClN4. The summed E-state index contributed by atoms with van der Waals surface area (Å²) < 4.78 is 0. The molecule has 0 bridgehead atoms. The number of benzene rings is 1. The number of aliphatic imine (C=N–C) groups is 1. The first-order chi connectivity index (χ1) is 9.74. The highest BCUT2D eigenvalue weighted by Crippen LogP contribution is 2.21. The third-order valence-electron chi connectivity index (χ3n) is 2.66. The van der Waals surface area contributed by atoms with Crippen molar-refractivity contribution in [1.29, 1.82) is 0 Å². The number of hydrogen-bond acceptors (Lipinski definition) is 4. The van der Waals surface area contributed by atoms with E-state index in [0.717, 1.165) is 22.3 Å². The van der Waals surface area contributed by atoms with E-state index in [1.165, 1.54) is 0 Å². The zero-order valence-electron chi connectivity index (χ0n) is 11.2. The van der Waals surface area contributed by atoms with E-state index in [9.17, 15) is 0 Å². The molecule has 2 rings (SSSR count). The van der Waals surface area contributed by atoms with Crippen LogP contribution in [-0.4, -0.2) is 16.7 Å². The van der Waals surface area contributed by atoms with Gasteiger partial charge < -0.3 is 5.32 Å². The Balaban J connectivity index is 2.22. The maximum Gasteiger partial charge on any atom is 0.107 e. The number of fused-ring (bicyclic) bond motifs is 1. The van der Waals surface area contributed by atoms with Crippen LogP contribution >= 0.6 is 11.6 Å². The molecule has 1 aromatic heterocycles. The molecule has 4 nitrogen and oxygen atoms in total. The van der Waals surface area contributed by atoms with Gasteiger partial charge in [-0.25, -0.2) is 0 Å². The van der Waals surface area contributed by atoms with Crippen molar-refractivity contribution in [3.8, 4) is 0 Å². The van der Waals surface area contributed by atoms with E-state index in [1.54, 1.807) is 18.6 Å². The monoisotopic (exact) mass is 286 g/mol. The Labute approximate surface area is 122 Å². The molecule has 0 saturated heterocycles. The van der Waals surface area contributed by atoms with Gasteiger partial charge in [0, 0.05) is 25.1 Å². The summed E-state index contributed by atoms with van der Waals surface area (Å²) in [5.41, 5.74) is 3.42. The van der Waals surface area contributed by atoms with Gasteiger partial charge in [-0.15, -0.1) is 0 Å². The van der Waals surface area contributed by atoms with Crippen LogP contribution in [0.3, 0.4) is 0 Å². The number of allylic oxidation sites excluding steroid dienone is 2. The number of aromatic nitrogens is 2. The lowest BCUT2D eigenvalue weighted by Gasteiger charge is -2.08. The molecule has 20 heavy (non-hydrogen) atoms. The van der Waals surface area contributed by atoms with Gasteiger partial charge in [-0.2, -0.15) is 0 Å². The summed E-state index contributed by atoms with van der Waals surface area (Å²) in [7, 11) is 0.